The molecule has 5 atom stereocenters. The minimum atomic E-state index is -1.17. The highest BCUT2D eigenvalue weighted by molar-refractivity contribution is 5.88. The van der Waals surface area contributed by atoms with Gasteiger partial charge in [-0.2, -0.15) is 0 Å². The smallest absolute Gasteiger partial charge is 0.407 e. The van der Waals surface area contributed by atoms with Crippen LogP contribution in [0.2, 0.25) is 0 Å². The van der Waals surface area contributed by atoms with Gasteiger partial charge in [0.2, 0.25) is 5.91 Å². The number of amides is 5. The van der Waals surface area contributed by atoms with Crippen molar-refractivity contribution in [3.8, 4) is 0 Å². The number of urea groups is 1. The molecule has 2 heterocycles. The Labute approximate surface area is 325 Å². The van der Waals surface area contributed by atoms with E-state index in [9.17, 15) is 24.3 Å². The zero-order chi connectivity index (χ0) is 40.3. The fraction of sp³-hybridized carbons (Fsp3) is 0.500. The maximum atomic E-state index is 14.4. The van der Waals surface area contributed by atoms with Gasteiger partial charge in [0.05, 0.1) is 31.5 Å². The third-order valence-electron chi connectivity index (χ3n) is 10.0. The van der Waals surface area contributed by atoms with Crippen molar-refractivity contribution in [3.05, 3.63) is 101 Å². The first-order valence-electron chi connectivity index (χ1n) is 19.1. The summed E-state index contributed by atoms with van der Waals surface area (Å²) in [5.74, 6) is -1.02. The minimum Gasteiger partial charge on any atom is -0.453 e. The van der Waals surface area contributed by atoms with Gasteiger partial charge in [-0.3, -0.25) is 20.0 Å². The Morgan fingerprint density at radius 1 is 0.945 bits per heavy atom. The van der Waals surface area contributed by atoms with Crippen molar-refractivity contribution in [3.63, 3.8) is 0 Å². The lowest BCUT2D eigenvalue weighted by molar-refractivity contribution is -0.132. The molecule has 298 valence electrons. The fourth-order valence-corrected chi connectivity index (χ4v) is 6.85. The molecule has 0 radical (unpaired) electrons. The summed E-state index contributed by atoms with van der Waals surface area (Å²) in [6.07, 6.45) is -0.973. The number of nitrogens with zero attached hydrogens (tertiary/aromatic N) is 4. The summed E-state index contributed by atoms with van der Waals surface area (Å²) in [7, 11) is 1.24. The SMILES string of the molecule is CC[C@H](C)[C@@H](C(=O)N[C@@H](Cc1ccccc1)[C@@H](O)CN(Cc1cccc(C)c1)NC(=O)[C@@H](NC(=O)OC)C(C)(C)C)N1CCN(Cc2cccc(C)n2)C1=O. The highest BCUT2D eigenvalue weighted by atomic mass is 16.5. The second-order valence-corrected chi connectivity index (χ2v) is 15.7. The molecule has 1 aliphatic rings. The van der Waals surface area contributed by atoms with Crippen LogP contribution in [0.15, 0.2) is 72.8 Å². The number of hydrogen-bond donors (Lipinski definition) is 4. The Morgan fingerprint density at radius 3 is 2.27 bits per heavy atom. The van der Waals surface area contributed by atoms with Crippen LogP contribution in [-0.4, -0.2) is 99.8 Å². The van der Waals surface area contributed by atoms with E-state index in [2.05, 4.69) is 21.0 Å². The monoisotopic (exact) mass is 757 g/mol. The highest BCUT2D eigenvalue weighted by Crippen LogP contribution is 2.24. The van der Waals surface area contributed by atoms with Crippen molar-refractivity contribution in [1.82, 2.24) is 35.9 Å². The Morgan fingerprint density at radius 2 is 1.64 bits per heavy atom. The Hall–Kier alpha value is -5.01. The largest absolute Gasteiger partial charge is 0.453 e. The summed E-state index contributed by atoms with van der Waals surface area (Å²) >= 11 is 0. The Bertz CT molecular complexity index is 1750. The number of aryl methyl sites for hydroxylation is 2. The first kappa shape index (κ1) is 42.7. The first-order chi connectivity index (χ1) is 26.1. The molecule has 0 bridgehead atoms. The van der Waals surface area contributed by atoms with E-state index in [-0.39, 0.29) is 30.9 Å². The predicted octanol–water partition coefficient (Wildman–Crippen LogP) is 4.74. The van der Waals surface area contributed by atoms with Crippen molar-refractivity contribution in [2.45, 2.75) is 98.6 Å². The number of hydrogen-bond acceptors (Lipinski definition) is 8. The van der Waals surface area contributed by atoms with E-state index >= 15 is 0 Å². The Balaban J connectivity index is 1.61. The van der Waals surface area contributed by atoms with Crippen LogP contribution in [0.25, 0.3) is 0 Å². The van der Waals surface area contributed by atoms with Crippen LogP contribution < -0.4 is 16.1 Å². The number of rotatable bonds is 17. The number of methoxy groups -OCH3 is 1. The number of aliphatic hydroxyl groups excluding tert-OH is 1. The normalized spacial score (nSPS) is 15.9. The predicted molar refractivity (Wildman–Crippen MR) is 211 cm³/mol. The van der Waals surface area contributed by atoms with E-state index < -0.39 is 41.6 Å². The number of alkyl carbamates (subject to hydrolysis) is 1. The van der Waals surface area contributed by atoms with Crippen LogP contribution in [0.1, 0.15) is 69.1 Å². The third kappa shape index (κ3) is 12.2. The molecular formula is C42H59N7O6. The van der Waals surface area contributed by atoms with E-state index in [1.165, 1.54) is 7.11 Å². The lowest BCUT2D eigenvalue weighted by Crippen LogP contribution is -2.60. The molecule has 5 amide bonds. The summed E-state index contributed by atoms with van der Waals surface area (Å²) in [5.41, 5.74) is 6.72. The summed E-state index contributed by atoms with van der Waals surface area (Å²) in [6.45, 7) is 14.7. The van der Waals surface area contributed by atoms with Crippen molar-refractivity contribution in [2.24, 2.45) is 11.3 Å². The van der Waals surface area contributed by atoms with Crippen LogP contribution in [-0.2, 0) is 33.8 Å². The van der Waals surface area contributed by atoms with Crippen LogP contribution in [0.3, 0.4) is 0 Å². The van der Waals surface area contributed by atoms with E-state index in [0.717, 1.165) is 28.1 Å². The van der Waals surface area contributed by atoms with Gasteiger partial charge in [-0.05, 0) is 54.9 Å². The molecule has 13 heteroatoms. The average Bonchev–Trinajstić information content (AvgIpc) is 3.48. The molecule has 0 aliphatic carbocycles. The Kier molecular flexibility index (Phi) is 15.2. The summed E-state index contributed by atoms with van der Waals surface area (Å²) < 4.78 is 4.80. The van der Waals surface area contributed by atoms with E-state index in [1.807, 2.05) is 121 Å². The zero-order valence-electron chi connectivity index (χ0n) is 33.5. The average molecular weight is 758 g/mol. The number of hydrazine groups is 1. The molecule has 13 nitrogen and oxygen atoms in total. The highest BCUT2D eigenvalue weighted by Gasteiger charge is 2.41. The molecule has 4 rings (SSSR count). The van der Waals surface area contributed by atoms with Gasteiger partial charge in [-0.1, -0.05) is 107 Å². The third-order valence-corrected chi connectivity index (χ3v) is 10.0. The molecule has 0 spiro atoms. The van der Waals surface area contributed by atoms with Gasteiger partial charge in [0.15, 0.2) is 0 Å². The number of aromatic nitrogens is 1. The maximum Gasteiger partial charge on any atom is 0.407 e. The lowest BCUT2D eigenvalue weighted by Gasteiger charge is -2.36. The van der Waals surface area contributed by atoms with Crippen LogP contribution in [0, 0.1) is 25.2 Å². The number of nitrogens with one attached hydrogen (secondary N) is 3. The summed E-state index contributed by atoms with van der Waals surface area (Å²) in [6, 6.07) is 20.3. The quantitative estimate of drug-likeness (QED) is 0.144. The van der Waals surface area contributed by atoms with E-state index in [0.29, 0.717) is 32.5 Å². The molecule has 1 aliphatic heterocycles. The molecule has 0 saturated carbocycles. The molecule has 4 N–H and O–H groups in total. The topological polar surface area (TPSA) is 156 Å². The number of pyridine rings is 1. The van der Waals surface area contributed by atoms with Gasteiger partial charge in [0.25, 0.3) is 5.91 Å². The first-order valence-corrected chi connectivity index (χ1v) is 19.1. The number of carbonyl (C=O) groups excluding carboxylic acids is 4. The molecule has 55 heavy (non-hydrogen) atoms. The molecule has 0 unspecified atom stereocenters. The molecular weight excluding hydrogens is 699 g/mol. The van der Waals surface area contributed by atoms with E-state index in [1.54, 1.807) is 14.8 Å². The van der Waals surface area contributed by atoms with Crippen LogP contribution >= 0.6 is 0 Å². The molecule has 2 aromatic carbocycles. The van der Waals surface area contributed by atoms with Crippen molar-refractivity contribution >= 4 is 23.9 Å². The van der Waals surface area contributed by atoms with Gasteiger partial charge in [0.1, 0.15) is 12.1 Å². The number of benzene rings is 2. The summed E-state index contributed by atoms with van der Waals surface area (Å²) in [5, 5.41) is 19.4. The van der Waals surface area contributed by atoms with Crippen LogP contribution in [0.5, 0.6) is 0 Å². The van der Waals surface area contributed by atoms with Gasteiger partial charge < -0.3 is 30.3 Å². The number of ether oxygens (including phenoxy) is 1. The number of aliphatic hydroxyl groups is 1. The van der Waals surface area contributed by atoms with Crippen molar-refractivity contribution in [1.29, 1.82) is 0 Å². The lowest BCUT2D eigenvalue weighted by atomic mass is 9.86. The van der Waals surface area contributed by atoms with Gasteiger partial charge in [-0.25, -0.2) is 14.6 Å². The molecule has 3 aromatic rings. The molecule has 1 saturated heterocycles. The molecule has 1 fully saturated rings. The van der Waals surface area contributed by atoms with Gasteiger partial charge in [0, 0.05) is 31.9 Å². The number of carbonyl (C=O) groups is 4. The van der Waals surface area contributed by atoms with Crippen molar-refractivity contribution < 1.29 is 29.0 Å². The fourth-order valence-electron chi connectivity index (χ4n) is 6.85. The van der Waals surface area contributed by atoms with Gasteiger partial charge >= 0.3 is 12.1 Å². The maximum absolute atomic E-state index is 14.4. The summed E-state index contributed by atoms with van der Waals surface area (Å²) in [4.78, 5) is 62.3. The van der Waals surface area contributed by atoms with Crippen molar-refractivity contribution in [2.75, 3.05) is 26.7 Å². The van der Waals surface area contributed by atoms with Crippen LogP contribution in [0.4, 0.5) is 9.59 Å². The molecule has 1 aromatic heterocycles. The standard InChI is InChI=1S/C42H59N7O6/c1-9-29(3)36(49-22-21-47(41(49)54)26-33-20-14-16-30(4)43-33)38(51)44-34(24-31-17-11-10-12-18-31)35(50)27-48(25-32-19-13-15-28(2)23-32)46-39(52)37(42(5,6)7)45-40(53)55-8/h10-20,23,29,34-37,50H,9,21-22,24-27H2,1-8H3,(H,44,51)(H,45,53)(H,46,52)/t29-,34-,35-,36-,37+/m0/s1. The zero-order valence-corrected chi connectivity index (χ0v) is 33.5. The second kappa shape index (κ2) is 19.5. The van der Waals surface area contributed by atoms with Gasteiger partial charge in [-0.15, -0.1) is 0 Å². The second-order valence-electron chi connectivity index (χ2n) is 15.7. The minimum absolute atomic E-state index is 0.0690. The van der Waals surface area contributed by atoms with E-state index in [4.69, 9.17) is 4.74 Å².